The molecule has 0 spiro atoms. The van der Waals surface area contributed by atoms with Crippen LogP contribution in [0.5, 0.6) is 0 Å². The van der Waals surface area contributed by atoms with Crippen LogP contribution in [0.3, 0.4) is 0 Å². The molecule has 0 N–H and O–H groups in total. The van der Waals surface area contributed by atoms with Gasteiger partial charge in [0.15, 0.2) is 0 Å². The first kappa shape index (κ1) is 27.1. The van der Waals surface area contributed by atoms with Gasteiger partial charge in [-0.1, -0.05) is 32.9 Å². The molecule has 0 unspecified atom stereocenters. The van der Waals surface area contributed by atoms with Crippen molar-refractivity contribution >= 4 is 5.43 Å². The molecule has 3 aliphatic carbocycles. The van der Waals surface area contributed by atoms with E-state index in [-0.39, 0.29) is 30.2 Å². The van der Waals surface area contributed by atoms with Gasteiger partial charge in [-0.2, -0.15) is 23.3 Å². The fourth-order valence-electron chi connectivity index (χ4n) is 1.96. The Morgan fingerprint density at radius 3 is 2.08 bits per heavy atom. The smallest absolute Gasteiger partial charge is 0.0723 e. The van der Waals surface area contributed by atoms with Crippen LogP contribution >= 0.6 is 0 Å². The zero-order valence-corrected chi connectivity index (χ0v) is 20.6. The minimum atomic E-state index is 0. The van der Waals surface area contributed by atoms with Crippen molar-refractivity contribution in [2.45, 2.75) is 40.3 Å². The van der Waals surface area contributed by atoms with E-state index in [0.717, 1.165) is 6.42 Å². The van der Waals surface area contributed by atoms with E-state index in [4.69, 9.17) is 0 Å². The molecule has 0 aromatic rings. The molecule has 0 saturated heterocycles. The van der Waals surface area contributed by atoms with Crippen LogP contribution in [0.25, 0.3) is 11.1 Å². The maximum absolute atomic E-state index is 3.16. The van der Waals surface area contributed by atoms with E-state index in [1.807, 2.05) is 30.3 Å². The molecule has 0 aromatic carbocycles. The fourth-order valence-corrected chi connectivity index (χ4v) is 1.96. The van der Waals surface area contributed by atoms with Gasteiger partial charge < -0.3 is 24.8 Å². The van der Waals surface area contributed by atoms with Gasteiger partial charge in [0.2, 0.25) is 0 Å². The van der Waals surface area contributed by atoms with Crippen molar-refractivity contribution in [1.29, 1.82) is 0 Å². The molecule has 0 nitrogen and oxygen atoms in total. The topological polar surface area (TPSA) is 0 Å². The van der Waals surface area contributed by atoms with Crippen LogP contribution in [0.1, 0.15) is 27.2 Å². The first-order valence-corrected chi connectivity index (χ1v) is 14.1. The third-order valence-corrected chi connectivity index (χ3v) is 3.23. The van der Waals surface area contributed by atoms with Gasteiger partial charge in [-0.05, 0) is 5.41 Å². The third-order valence-electron chi connectivity index (χ3n) is 3.23. The van der Waals surface area contributed by atoms with Crippen molar-refractivity contribution in [2.24, 2.45) is 5.41 Å². The van der Waals surface area contributed by atoms with Crippen molar-refractivity contribution in [2.75, 3.05) is 0 Å². The second-order valence-corrected chi connectivity index (χ2v) is 16.1. The summed E-state index contributed by atoms with van der Waals surface area (Å²) >= 11 is 1.74. The Balaban J connectivity index is 0. The van der Waals surface area contributed by atoms with Crippen LogP contribution in [0.2, 0.25) is 13.1 Å². The largest absolute Gasteiger partial charge is 1.00 e. The van der Waals surface area contributed by atoms with E-state index in [0.29, 0.717) is 5.41 Å². The van der Waals surface area contributed by atoms with E-state index in [1.54, 1.807) is 23.3 Å². The van der Waals surface area contributed by atoms with Gasteiger partial charge >= 0.3 is 41.9 Å². The minimum Gasteiger partial charge on any atom is -1.00 e. The summed E-state index contributed by atoms with van der Waals surface area (Å²) in [5.41, 5.74) is 4.49. The van der Waals surface area contributed by atoms with E-state index in [2.05, 4.69) is 70.3 Å². The maximum atomic E-state index is 3.16. The summed E-state index contributed by atoms with van der Waals surface area (Å²) in [5.74, 6) is 0. The normalized spacial score (nSPS) is 11.7. The summed E-state index contributed by atoms with van der Waals surface area (Å²) in [7, 11) is 0. The number of hydrogen-bond donors (Lipinski definition) is 0. The predicted molar refractivity (Wildman–Crippen MR) is 99.4 cm³/mol. The van der Waals surface area contributed by atoms with E-state index in [9.17, 15) is 0 Å². The van der Waals surface area contributed by atoms with Gasteiger partial charge in [-0.25, -0.2) is 12.2 Å². The number of allylic oxidation sites excluding steroid dienone is 4. The molecular formula is C21H26Cl2SiZr-2. The molecule has 0 radical (unpaired) electrons. The van der Waals surface area contributed by atoms with Gasteiger partial charge in [0.1, 0.15) is 0 Å². The second kappa shape index (κ2) is 14.0. The van der Waals surface area contributed by atoms with Crippen LogP contribution in [-0.4, -0.2) is 5.43 Å². The molecule has 3 aliphatic rings. The standard InChI is InChI=1S/C10H7.C9H13.C2H6Si.2ClH.Zr/c1-2-5-9-7-4-8-10(9)6-3-1;1-9(2,3)8-6-4-5-7-8;1-3-2;;;/h1-7H;4,6H,7H2,1-3H3;1-2H3;2*1H;/q2*-1;;;;+2/p-2. The number of fused-ring (bicyclic) bond motifs is 1. The SMILES string of the molecule is CC(C)(C)C1=CC=[C-]C1.C[Si](C)=[Zr+2].[Cl-].[Cl-].[c-]1ccc2cccccc1-2. The molecule has 0 saturated carbocycles. The maximum Gasteiger partial charge on any atom is -0.0723 e. The molecule has 4 heteroatoms. The Kier molecular flexibility index (Phi) is 15.1. The Morgan fingerprint density at radius 2 is 1.60 bits per heavy atom. The Bertz CT molecular complexity index is 625. The number of rotatable bonds is 0. The molecule has 0 heterocycles. The molecule has 0 bridgehead atoms. The summed E-state index contributed by atoms with van der Waals surface area (Å²) in [6.07, 6.45) is 8.37. The van der Waals surface area contributed by atoms with E-state index in [1.165, 1.54) is 16.7 Å². The summed E-state index contributed by atoms with van der Waals surface area (Å²) in [6.45, 7) is 11.3. The molecule has 0 aliphatic heterocycles. The van der Waals surface area contributed by atoms with Gasteiger partial charge in [-0.15, -0.1) is 36.2 Å². The van der Waals surface area contributed by atoms with E-state index >= 15 is 0 Å². The monoisotopic (exact) mass is 466 g/mol. The molecular weight excluding hydrogens is 442 g/mol. The van der Waals surface area contributed by atoms with Gasteiger partial charge in [0.25, 0.3) is 0 Å². The average Bonchev–Trinajstić information content (AvgIpc) is 3.07. The minimum absolute atomic E-state index is 0. The van der Waals surface area contributed by atoms with Crippen molar-refractivity contribution < 1.29 is 48.1 Å². The first-order valence-electron chi connectivity index (χ1n) is 7.94. The molecule has 0 atom stereocenters. The summed E-state index contributed by atoms with van der Waals surface area (Å²) in [6, 6.07) is 17.4. The van der Waals surface area contributed by atoms with E-state index < -0.39 is 0 Å². The molecule has 0 fully saturated rings. The molecule has 3 rings (SSSR count). The molecule has 134 valence electrons. The summed E-state index contributed by atoms with van der Waals surface area (Å²) in [5, 5.41) is 0. The summed E-state index contributed by atoms with van der Waals surface area (Å²) in [4.78, 5) is 0. The average molecular weight is 469 g/mol. The Hall–Kier alpha value is -0.140. The van der Waals surface area contributed by atoms with Gasteiger partial charge in [0, 0.05) is 0 Å². The fraction of sp³-hybridized carbons (Fsp3) is 0.333. The van der Waals surface area contributed by atoms with Crippen LogP contribution < -0.4 is 24.8 Å². The van der Waals surface area contributed by atoms with Crippen molar-refractivity contribution in [3.05, 3.63) is 72.3 Å². The predicted octanol–water partition coefficient (Wildman–Crippen LogP) is 0.106. The van der Waals surface area contributed by atoms with Crippen LogP contribution in [-0.2, 0) is 23.3 Å². The zero-order chi connectivity index (χ0) is 17.3. The molecule has 0 amide bonds. The van der Waals surface area contributed by atoms with Crippen molar-refractivity contribution in [3.8, 4) is 11.1 Å². The van der Waals surface area contributed by atoms with Crippen LogP contribution in [0.4, 0.5) is 0 Å². The quantitative estimate of drug-likeness (QED) is 0.380. The first-order chi connectivity index (χ1) is 10.8. The second-order valence-electron chi connectivity index (χ2n) is 6.75. The Labute approximate surface area is 181 Å². The summed E-state index contributed by atoms with van der Waals surface area (Å²) < 4.78 is 0. The number of hydrogen-bond acceptors (Lipinski definition) is 0. The Morgan fingerprint density at radius 1 is 1.00 bits per heavy atom. The van der Waals surface area contributed by atoms with Crippen LogP contribution in [0.15, 0.2) is 60.2 Å². The molecule has 25 heavy (non-hydrogen) atoms. The van der Waals surface area contributed by atoms with Crippen LogP contribution in [0, 0.1) is 17.6 Å². The van der Waals surface area contributed by atoms with Crippen molar-refractivity contribution in [1.82, 2.24) is 0 Å². The van der Waals surface area contributed by atoms with Gasteiger partial charge in [0.05, 0.1) is 0 Å². The number of halogens is 2. The van der Waals surface area contributed by atoms with Crippen molar-refractivity contribution in [3.63, 3.8) is 0 Å². The van der Waals surface area contributed by atoms with Gasteiger partial charge in [-0.3, -0.25) is 6.08 Å². The zero-order valence-electron chi connectivity index (χ0n) is 15.7. The molecule has 0 aromatic heterocycles. The third kappa shape index (κ3) is 12.0.